The zero-order valence-corrected chi connectivity index (χ0v) is 12.2. The number of nitrogens with zero attached hydrogens (tertiary/aromatic N) is 2. The highest BCUT2D eigenvalue weighted by atomic mass is 32.1. The van der Waals surface area contributed by atoms with E-state index in [-0.39, 0.29) is 16.1 Å². The van der Waals surface area contributed by atoms with Crippen molar-refractivity contribution in [1.82, 2.24) is 10.3 Å². The summed E-state index contributed by atoms with van der Waals surface area (Å²) in [7, 11) is 0. The van der Waals surface area contributed by atoms with Crippen LogP contribution in [0.5, 0.6) is 0 Å². The molecule has 1 fully saturated rings. The van der Waals surface area contributed by atoms with Gasteiger partial charge in [0.1, 0.15) is 5.69 Å². The number of aromatic nitrogens is 1. The Morgan fingerprint density at radius 2 is 2.35 bits per heavy atom. The Bertz CT molecular complexity index is 676. The van der Waals surface area contributed by atoms with Crippen LogP contribution in [0.2, 0.25) is 0 Å². The molecule has 3 rings (SSSR count). The quantitative estimate of drug-likeness (QED) is 0.671. The molecule has 0 amide bonds. The van der Waals surface area contributed by atoms with Gasteiger partial charge in [-0.15, -0.1) is 11.3 Å². The van der Waals surface area contributed by atoms with Crippen molar-refractivity contribution in [3.8, 4) is 0 Å². The smallest absolute Gasteiger partial charge is 0.293 e. The van der Waals surface area contributed by atoms with Crippen molar-refractivity contribution in [1.29, 1.82) is 0 Å². The van der Waals surface area contributed by atoms with E-state index >= 15 is 0 Å². The Kier molecular flexibility index (Phi) is 3.10. The molecule has 1 atom stereocenters. The number of benzene rings is 1. The van der Waals surface area contributed by atoms with Crippen molar-refractivity contribution in [3.05, 3.63) is 27.3 Å². The number of thiazole rings is 1. The van der Waals surface area contributed by atoms with E-state index in [2.05, 4.69) is 22.5 Å². The van der Waals surface area contributed by atoms with Gasteiger partial charge in [0.05, 0.1) is 20.1 Å². The summed E-state index contributed by atoms with van der Waals surface area (Å²) in [6.45, 7) is 5.71. The van der Waals surface area contributed by atoms with Crippen molar-refractivity contribution in [2.24, 2.45) is 0 Å². The third-order valence-electron chi connectivity index (χ3n) is 3.61. The summed E-state index contributed by atoms with van der Waals surface area (Å²) >= 11 is 1.48. The molecule has 0 saturated carbocycles. The molecular formula is C13H16N4O2S. The van der Waals surface area contributed by atoms with Gasteiger partial charge in [-0.2, -0.15) is 0 Å². The van der Waals surface area contributed by atoms with Gasteiger partial charge in [0.15, 0.2) is 0 Å². The van der Waals surface area contributed by atoms with Gasteiger partial charge in [0.25, 0.3) is 5.69 Å². The molecule has 2 N–H and O–H groups in total. The van der Waals surface area contributed by atoms with Crippen LogP contribution in [0.1, 0.15) is 18.4 Å². The van der Waals surface area contributed by atoms with Gasteiger partial charge in [0, 0.05) is 18.2 Å². The Morgan fingerprint density at radius 3 is 3.00 bits per heavy atom. The van der Waals surface area contributed by atoms with Gasteiger partial charge >= 0.3 is 0 Å². The highest BCUT2D eigenvalue weighted by Crippen LogP contribution is 2.35. The molecule has 6 nitrogen and oxygen atoms in total. The summed E-state index contributed by atoms with van der Waals surface area (Å²) < 4.78 is 0.856. The first-order chi connectivity index (χ1) is 9.47. The number of nitrogens with one attached hydrogen (secondary N) is 2. The molecule has 0 spiro atoms. The lowest BCUT2D eigenvalue weighted by Crippen LogP contribution is -2.37. The second-order valence-corrected chi connectivity index (χ2v) is 6.67. The van der Waals surface area contributed by atoms with E-state index in [9.17, 15) is 10.1 Å². The van der Waals surface area contributed by atoms with E-state index in [1.54, 1.807) is 12.1 Å². The summed E-state index contributed by atoms with van der Waals surface area (Å²) in [4.78, 5) is 15.4. The van der Waals surface area contributed by atoms with E-state index < -0.39 is 0 Å². The fourth-order valence-corrected chi connectivity index (χ4v) is 3.42. The summed E-state index contributed by atoms with van der Waals surface area (Å²) in [6, 6.07) is 3.41. The molecule has 0 bridgehead atoms. The predicted molar refractivity (Wildman–Crippen MR) is 80.5 cm³/mol. The lowest BCUT2D eigenvalue weighted by molar-refractivity contribution is -0.383. The maximum absolute atomic E-state index is 11.3. The molecule has 1 aliphatic heterocycles. The van der Waals surface area contributed by atoms with Gasteiger partial charge in [0.2, 0.25) is 0 Å². The Labute approximate surface area is 120 Å². The number of anilines is 1. The van der Waals surface area contributed by atoms with Gasteiger partial charge in [-0.25, -0.2) is 4.98 Å². The SMILES string of the molecule is Cc1nc2cc(NC3(C)CCNC3)c([N+](=O)[O-])cc2s1. The lowest BCUT2D eigenvalue weighted by Gasteiger charge is -2.25. The van der Waals surface area contributed by atoms with Crippen LogP contribution in [0.3, 0.4) is 0 Å². The highest BCUT2D eigenvalue weighted by molar-refractivity contribution is 7.18. The maximum atomic E-state index is 11.3. The minimum Gasteiger partial charge on any atom is -0.373 e. The van der Waals surface area contributed by atoms with Crippen LogP contribution < -0.4 is 10.6 Å². The summed E-state index contributed by atoms with van der Waals surface area (Å²) in [5.74, 6) is 0. The van der Waals surface area contributed by atoms with Crippen LogP contribution >= 0.6 is 11.3 Å². The van der Waals surface area contributed by atoms with Crippen molar-refractivity contribution < 1.29 is 4.92 Å². The fourth-order valence-electron chi connectivity index (χ4n) is 2.58. The molecule has 1 aliphatic rings. The normalized spacial score (nSPS) is 22.3. The Hall–Kier alpha value is -1.73. The zero-order chi connectivity index (χ0) is 14.3. The molecule has 2 heterocycles. The number of aryl methyl sites for hydroxylation is 1. The highest BCUT2D eigenvalue weighted by Gasteiger charge is 2.30. The molecule has 20 heavy (non-hydrogen) atoms. The number of hydrogen-bond acceptors (Lipinski definition) is 6. The molecule has 1 aromatic carbocycles. The average Bonchev–Trinajstić information content (AvgIpc) is 2.93. The molecule has 0 radical (unpaired) electrons. The zero-order valence-electron chi connectivity index (χ0n) is 11.4. The number of fused-ring (bicyclic) bond motifs is 1. The second-order valence-electron chi connectivity index (χ2n) is 5.44. The van der Waals surface area contributed by atoms with E-state index in [0.717, 1.165) is 34.7 Å². The van der Waals surface area contributed by atoms with Crippen molar-refractivity contribution in [3.63, 3.8) is 0 Å². The Morgan fingerprint density at radius 1 is 1.55 bits per heavy atom. The fraction of sp³-hybridized carbons (Fsp3) is 0.462. The third kappa shape index (κ3) is 2.34. The topological polar surface area (TPSA) is 80.1 Å². The molecule has 2 aromatic rings. The first-order valence-electron chi connectivity index (χ1n) is 6.51. The van der Waals surface area contributed by atoms with Crippen molar-refractivity contribution in [2.75, 3.05) is 18.4 Å². The lowest BCUT2D eigenvalue weighted by atomic mass is 10.0. The Balaban J connectivity index is 2.07. The monoisotopic (exact) mass is 292 g/mol. The summed E-state index contributed by atoms with van der Waals surface area (Å²) in [6.07, 6.45) is 0.943. The summed E-state index contributed by atoms with van der Waals surface area (Å²) in [5, 5.41) is 18.8. The second kappa shape index (κ2) is 4.68. The third-order valence-corrected chi connectivity index (χ3v) is 4.55. The molecule has 1 unspecified atom stereocenters. The van der Waals surface area contributed by atoms with Gasteiger partial charge in [-0.1, -0.05) is 0 Å². The van der Waals surface area contributed by atoms with Crippen LogP contribution in [-0.2, 0) is 0 Å². The molecule has 1 saturated heterocycles. The first kappa shape index (κ1) is 13.3. The van der Waals surface area contributed by atoms with Gasteiger partial charge in [-0.3, -0.25) is 10.1 Å². The first-order valence-corrected chi connectivity index (χ1v) is 7.33. The molecular weight excluding hydrogens is 276 g/mol. The number of rotatable bonds is 3. The average molecular weight is 292 g/mol. The maximum Gasteiger partial charge on any atom is 0.293 e. The van der Waals surface area contributed by atoms with Gasteiger partial charge < -0.3 is 10.6 Å². The van der Waals surface area contributed by atoms with E-state index in [4.69, 9.17) is 0 Å². The number of nitro groups is 1. The largest absolute Gasteiger partial charge is 0.373 e. The van der Waals surface area contributed by atoms with Crippen LogP contribution in [0.4, 0.5) is 11.4 Å². The predicted octanol–water partition coefficient (Wildman–Crippen LogP) is 2.68. The van der Waals surface area contributed by atoms with Crippen LogP contribution in [-0.4, -0.2) is 28.5 Å². The van der Waals surface area contributed by atoms with Crippen LogP contribution in [0.25, 0.3) is 10.2 Å². The standard InChI is InChI=1S/C13H16N4O2S/c1-8-15-10-5-9(16-13(2)3-4-14-7-13)11(17(18)19)6-12(10)20-8/h5-6,14,16H,3-4,7H2,1-2H3. The van der Waals surface area contributed by atoms with Crippen molar-refractivity contribution in [2.45, 2.75) is 25.8 Å². The molecule has 106 valence electrons. The van der Waals surface area contributed by atoms with Crippen LogP contribution in [0, 0.1) is 17.0 Å². The van der Waals surface area contributed by atoms with E-state index in [1.165, 1.54) is 11.3 Å². The van der Waals surface area contributed by atoms with E-state index in [1.807, 2.05) is 6.92 Å². The minimum absolute atomic E-state index is 0.120. The molecule has 0 aliphatic carbocycles. The van der Waals surface area contributed by atoms with Crippen LogP contribution in [0.15, 0.2) is 12.1 Å². The number of hydrogen-bond donors (Lipinski definition) is 2. The van der Waals surface area contributed by atoms with E-state index in [0.29, 0.717) is 5.69 Å². The van der Waals surface area contributed by atoms with Gasteiger partial charge in [-0.05, 0) is 32.9 Å². The molecule has 7 heteroatoms. The number of nitro benzene ring substituents is 1. The minimum atomic E-state index is -0.331. The summed E-state index contributed by atoms with van der Waals surface area (Å²) in [5.41, 5.74) is 1.34. The molecule has 1 aromatic heterocycles. The van der Waals surface area contributed by atoms with Crippen molar-refractivity contribution >= 4 is 32.9 Å².